The van der Waals surface area contributed by atoms with Gasteiger partial charge in [-0.2, -0.15) is 0 Å². The Morgan fingerprint density at radius 2 is 1.81 bits per heavy atom. The maximum absolute atomic E-state index is 14.0. The summed E-state index contributed by atoms with van der Waals surface area (Å²) in [6.07, 6.45) is 0.531. The van der Waals surface area contributed by atoms with E-state index >= 15 is 0 Å². The number of hydrogen-bond acceptors (Lipinski definition) is 1. The smallest absolute Gasteiger partial charge is 0.127 e. The van der Waals surface area contributed by atoms with E-state index < -0.39 is 0 Å². The standard InChI is InChI=1S/C16H15BrCl2FN/c1-2-21-16(11-5-13(18)9-14(19)6-11)7-10-3-4-12(17)8-15(10)20/h3-6,8-9,16,21H,2,7H2,1H3. The van der Waals surface area contributed by atoms with Crippen LogP contribution < -0.4 is 5.32 Å². The second kappa shape index (κ2) is 7.59. The van der Waals surface area contributed by atoms with Crippen LogP contribution in [0.2, 0.25) is 10.0 Å². The Morgan fingerprint density at radius 3 is 2.38 bits per heavy atom. The molecular formula is C16H15BrCl2FN. The molecule has 0 bridgehead atoms. The largest absolute Gasteiger partial charge is 0.310 e. The molecule has 0 saturated heterocycles. The van der Waals surface area contributed by atoms with Crippen molar-refractivity contribution in [3.63, 3.8) is 0 Å². The molecule has 0 aromatic heterocycles. The fourth-order valence-electron chi connectivity index (χ4n) is 2.24. The molecule has 1 nitrogen and oxygen atoms in total. The van der Waals surface area contributed by atoms with Crippen molar-refractivity contribution in [2.45, 2.75) is 19.4 Å². The molecule has 0 saturated carbocycles. The summed E-state index contributed by atoms with van der Waals surface area (Å²) in [7, 11) is 0. The van der Waals surface area contributed by atoms with E-state index in [1.807, 2.05) is 25.1 Å². The summed E-state index contributed by atoms with van der Waals surface area (Å²) in [4.78, 5) is 0. The fraction of sp³-hybridized carbons (Fsp3) is 0.250. The van der Waals surface area contributed by atoms with Crippen LogP contribution in [0.4, 0.5) is 4.39 Å². The van der Waals surface area contributed by atoms with Gasteiger partial charge in [-0.15, -0.1) is 0 Å². The van der Waals surface area contributed by atoms with Gasteiger partial charge in [0.05, 0.1) is 0 Å². The lowest BCUT2D eigenvalue weighted by atomic mass is 9.98. The molecule has 0 heterocycles. The minimum Gasteiger partial charge on any atom is -0.310 e. The highest BCUT2D eigenvalue weighted by Crippen LogP contribution is 2.27. The first-order valence-electron chi connectivity index (χ1n) is 6.63. The topological polar surface area (TPSA) is 12.0 Å². The Morgan fingerprint density at radius 1 is 1.14 bits per heavy atom. The van der Waals surface area contributed by atoms with E-state index in [1.54, 1.807) is 12.1 Å². The first-order valence-corrected chi connectivity index (χ1v) is 8.17. The van der Waals surface area contributed by atoms with Crippen molar-refractivity contribution in [3.05, 3.63) is 67.9 Å². The Labute approximate surface area is 142 Å². The zero-order chi connectivity index (χ0) is 15.4. The number of benzene rings is 2. The third-order valence-electron chi connectivity index (χ3n) is 3.18. The van der Waals surface area contributed by atoms with Gasteiger partial charge in [0.15, 0.2) is 0 Å². The molecule has 0 aliphatic heterocycles. The first-order chi connectivity index (χ1) is 9.99. The molecule has 0 aliphatic rings. The van der Waals surface area contributed by atoms with Gasteiger partial charge in [0.2, 0.25) is 0 Å². The van der Waals surface area contributed by atoms with E-state index in [0.717, 1.165) is 16.6 Å². The minimum atomic E-state index is -0.222. The van der Waals surface area contributed by atoms with Crippen molar-refractivity contribution >= 4 is 39.1 Å². The van der Waals surface area contributed by atoms with E-state index in [-0.39, 0.29) is 11.9 Å². The van der Waals surface area contributed by atoms with Crippen LogP contribution >= 0.6 is 39.1 Å². The first kappa shape index (κ1) is 16.8. The van der Waals surface area contributed by atoms with E-state index in [1.165, 1.54) is 6.07 Å². The molecule has 2 aromatic carbocycles. The van der Waals surface area contributed by atoms with Crippen LogP contribution in [0.5, 0.6) is 0 Å². The molecule has 2 aromatic rings. The summed E-state index contributed by atoms with van der Waals surface area (Å²) in [5.41, 5.74) is 1.61. The molecular weight excluding hydrogens is 376 g/mol. The number of rotatable bonds is 5. The lowest BCUT2D eigenvalue weighted by molar-refractivity contribution is 0.528. The van der Waals surface area contributed by atoms with Gasteiger partial charge in [-0.1, -0.05) is 52.1 Å². The van der Waals surface area contributed by atoms with Gasteiger partial charge in [0, 0.05) is 20.6 Å². The zero-order valence-corrected chi connectivity index (χ0v) is 14.6. The molecule has 0 spiro atoms. The van der Waals surface area contributed by atoms with Crippen LogP contribution in [0.3, 0.4) is 0 Å². The highest BCUT2D eigenvalue weighted by atomic mass is 79.9. The molecule has 21 heavy (non-hydrogen) atoms. The molecule has 2 rings (SSSR count). The van der Waals surface area contributed by atoms with Gasteiger partial charge in [0.25, 0.3) is 0 Å². The summed E-state index contributed by atoms with van der Waals surface area (Å²) < 4.78 is 14.7. The molecule has 0 amide bonds. The molecule has 1 N–H and O–H groups in total. The van der Waals surface area contributed by atoms with Crippen molar-refractivity contribution in [1.29, 1.82) is 0 Å². The van der Waals surface area contributed by atoms with Gasteiger partial charge in [-0.3, -0.25) is 0 Å². The molecule has 112 valence electrons. The predicted octanol–water partition coefficient (Wildman–Crippen LogP) is 5.79. The van der Waals surface area contributed by atoms with Crippen molar-refractivity contribution in [2.75, 3.05) is 6.54 Å². The van der Waals surface area contributed by atoms with Crippen molar-refractivity contribution in [1.82, 2.24) is 5.32 Å². The number of likely N-dealkylation sites (N-methyl/N-ethyl adjacent to an activating group) is 1. The zero-order valence-electron chi connectivity index (χ0n) is 11.5. The van der Waals surface area contributed by atoms with Crippen molar-refractivity contribution < 1.29 is 4.39 Å². The quantitative estimate of drug-likeness (QED) is 0.681. The molecule has 0 fully saturated rings. The SMILES string of the molecule is CCNC(Cc1ccc(Br)cc1F)c1cc(Cl)cc(Cl)c1. The van der Waals surface area contributed by atoms with Crippen molar-refractivity contribution in [3.8, 4) is 0 Å². The number of hydrogen-bond donors (Lipinski definition) is 1. The van der Waals surface area contributed by atoms with Gasteiger partial charge in [0.1, 0.15) is 5.82 Å². The summed E-state index contributed by atoms with van der Waals surface area (Å²) in [5.74, 6) is -0.222. The van der Waals surface area contributed by atoms with E-state index in [9.17, 15) is 4.39 Å². The second-order valence-electron chi connectivity index (χ2n) is 4.75. The molecule has 0 radical (unpaired) electrons. The Hall–Kier alpha value is -0.610. The lowest BCUT2D eigenvalue weighted by Crippen LogP contribution is -2.23. The summed E-state index contributed by atoms with van der Waals surface area (Å²) in [5, 5.41) is 4.51. The number of nitrogens with one attached hydrogen (secondary N) is 1. The Balaban J connectivity index is 2.30. The maximum Gasteiger partial charge on any atom is 0.127 e. The molecule has 5 heteroatoms. The maximum atomic E-state index is 14.0. The molecule has 0 aliphatic carbocycles. The Bertz CT molecular complexity index is 613. The van der Waals surface area contributed by atoms with Gasteiger partial charge in [-0.05, 0) is 54.4 Å². The fourth-order valence-corrected chi connectivity index (χ4v) is 3.11. The van der Waals surface area contributed by atoms with Crippen LogP contribution in [0.1, 0.15) is 24.1 Å². The third-order valence-corrected chi connectivity index (χ3v) is 4.11. The van der Waals surface area contributed by atoms with Crippen LogP contribution in [0.25, 0.3) is 0 Å². The van der Waals surface area contributed by atoms with Gasteiger partial charge < -0.3 is 5.32 Å². The highest BCUT2D eigenvalue weighted by molar-refractivity contribution is 9.10. The minimum absolute atomic E-state index is 0.0399. The monoisotopic (exact) mass is 389 g/mol. The van der Waals surface area contributed by atoms with Crippen LogP contribution in [0, 0.1) is 5.82 Å². The molecule has 1 atom stereocenters. The average Bonchev–Trinajstić information content (AvgIpc) is 2.40. The third kappa shape index (κ3) is 4.68. The average molecular weight is 391 g/mol. The van der Waals surface area contributed by atoms with Crippen LogP contribution in [-0.2, 0) is 6.42 Å². The van der Waals surface area contributed by atoms with E-state index in [2.05, 4.69) is 21.2 Å². The second-order valence-corrected chi connectivity index (χ2v) is 6.54. The van der Waals surface area contributed by atoms with Crippen LogP contribution in [0.15, 0.2) is 40.9 Å². The van der Waals surface area contributed by atoms with Gasteiger partial charge in [-0.25, -0.2) is 4.39 Å². The van der Waals surface area contributed by atoms with Gasteiger partial charge >= 0.3 is 0 Å². The lowest BCUT2D eigenvalue weighted by Gasteiger charge is -2.19. The van der Waals surface area contributed by atoms with E-state index in [4.69, 9.17) is 23.2 Å². The van der Waals surface area contributed by atoms with Crippen LogP contribution in [-0.4, -0.2) is 6.54 Å². The summed E-state index contributed by atoms with van der Waals surface area (Å²) in [6.45, 7) is 2.78. The van der Waals surface area contributed by atoms with Crippen molar-refractivity contribution in [2.24, 2.45) is 0 Å². The number of halogens is 4. The molecule has 1 unspecified atom stereocenters. The highest BCUT2D eigenvalue weighted by Gasteiger charge is 2.15. The normalized spacial score (nSPS) is 12.4. The van der Waals surface area contributed by atoms with E-state index in [0.29, 0.717) is 22.0 Å². The Kier molecular flexibility index (Phi) is 6.06. The summed E-state index contributed by atoms with van der Waals surface area (Å²) in [6, 6.07) is 10.5. The predicted molar refractivity (Wildman–Crippen MR) is 90.7 cm³/mol. The summed E-state index contributed by atoms with van der Waals surface area (Å²) >= 11 is 15.4.